The number of hydrogen-bond acceptors (Lipinski definition) is 7. The quantitative estimate of drug-likeness (QED) is 0.259. The molecular weight excluding hydrogens is 474 g/mol. The maximum atomic E-state index is 13.5. The summed E-state index contributed by atoms with van der Waals surface area (Å²) < 4.78 is 11.0. The molecule has 4 aromatic rings. The maximum absolute atomic E-state index is 13.5. The number of H-pyrrole nitrogens is 1. The summed E-state index contributed by atoms with van der Waals surface area (Å²) in [4.78, 5) is 33.8. The highest BCUT2D eigenvalue weighted by atomic mass is 16.5. The van der Waals surface area contributed by atoms with Crippen molar-refractivity contribution >= 4 is 16.9 Å². The van der Waals surface area contributed by atoms with Crippen LogP contribution in [0.25, 0.3) is 11.0 Å². The SMILES string of the molecule is CC[C@H](C)[C@H](NC(=O)C[C@@H](c1ccc(O)c(OC)c1)c1oc(C)cc(=O)c1O)c1nc2ccccc2[nH]1. The number of nitrogens with one attached hydrogen (secondary N) is 2. The number of benzene rings is 2. The fourth-order valence-electron chi connectivity index (χ4n) is 4.39. The van der Waals surface area contributed by atoms with Gasteiger partial charge in [0.15, 0.2) is 17.3 Å². The third kappa shape index (κ3) is 5.45. The Bertz CT molecular complexity index is 1440. The molecule has 3 atom stereocenters. The van der Waals surface area contributed by atoms with E-state index in [0.29, 0.717) is 17.1 Å². The number of rotatable bonds is 9. The lowest BCUT2D eigenvalue weighted by Crippen LogP contribution is -2.34. The van der Waals surface area contributed by atoms with Crippen molar-refractivity contribution in [3.05, 3.63) is 81.7 Å². The molecule has 2 aromatic heterocycles. The standard InChI is InChI=1S/C28H31N3O6/c1-5-15(2)25(28-29-19-8-6-7-9-20(19)30-28)31-24(34)14-18(17-10-11-21(32)23(13-17)36-4)27-26(35)22(33)12-16(3)37-27/h6-13,15,18,25,32,35H,5,14H2,1-4H3,(H,29,30)(H,31,34)/t15-,18-,25-/m0/s1. The zero-order chi connectivity index (χ0) is 26.7. The molecule has 194 valence electrons. The first-order valence-electron chi connectivity index (χ1n) is 12.2. The molecule has 0 saturated carbocycles. The minimum absolute atomic E-state index is 0.0308. The van der Waals surface area contributed by atoms with E-state index in [0.717, 1.165) is 17.5 Å². The van der Waals surface area contributed by atoms with Gasteiger partial charge in [0.25, 0.3) is 0 Å². The molecule has 0 aliphatic heterocycles. The Labute approximate surface area is 214 Å². The third-order valence-electron chi connectivity index (χ3n) is 6.62. The van der Waals surface area contributed by atoms with Gasteiger partial charge in [-0.25, -0.2) is 4.98 Å². The number of ether oxygens (including phenoxy) is 1. The lowest BCUT2D eigenvalue weighted by atomic mass is 9.90. The van der Waals surface area contributed by atoms with Crippen LogP contribution in [0.2, 0.25) is 0 Å². The van der Waals surface area contributed by atoms with Crippen molar-refractivity contribution in [3.63, 3.8) is 0 Å². The summed E-state index contributed by atoms with van der Waals surface area (Å²) in [5, 5.41) is 23.7. The molecule has 0 radical (unpaired) electrons. The lowest BCUT2D eigenvalue weighted by Gasteiger charge is -2.24. The van der Waals surface area contributed by atoms with Crippen LogP contribution in [-0.2, 0) is 4.79 Å². The Kier molecular flexibility index (Phi) is 7.52. The van der Waals surface area contributed by atoms with Crippen molar-refractivity contribution in [1.29, 1.82) is 0 Å². The summed E-state index contributed by atoms with van der Waals surface area (Å²) in [6.07, 6.45) is 0.662. The predicted octanol–water partition coefficient (Wildman–Crippen LogP) is 4.67. The normalized spacial score (nSPS) is 13.7. The van der Waals surface area contributed by atoms with Crippen molar-refractivity contribution in [3.8, 4) is 17.2 Å². The molecule has 0 aliphatic rings. The highest BCUT2D eigenvalue weighted by molar-refractivity contribution is 5.79. The average Bonchev–Trinajstić information content (AvgIpc) is 3.32. The van der Waals surface area contributed by atoms with Gasteiger partial charge in [-0.1, -0.05) is 38.5 Å². The van der Waals surface area contributed by atoms with Crippen LogP contribution in [-0.4, -0.2) is 33.2 Å². The molecule has 4 N–H and O–H groups in total. The second-order valence-electron chi connectivity index (χ2n) is 9.19. The number of para-hydroxylation sites is 2. The highest BCUT2D eigenvalue weighted by Crippen LogP contribution is 2.37. The summed E-state index contributed by atoms with van der Waals surface area (Å²) in [7, 11) is 1.41. The minimum Gasteiger partial charge on any atom is -0.504 e. The number of carbonyl (C=O) groups is 1. The van der Waals surface area contributed by atoms with Crippen LogP contribution in [0.15, 0.2) is 57.7 Å². The second kappa shape index (κ2) is 10.8. The second-order valence-corrected chi connectivity index (χ2v) is 9.19. The van der Waals surface area contributed by atoms with Crippen LogP contribution in [0.3, 0.4) is 0 Å². The minimum atomic E-state index is -0.824. The molecule has 0 fully saturated rings. The van der Waals surface area contributed by atoms with Crippen molar-refractivity contribution in [2.24, 2.45) is 5.92 Å². The van der Waals surface area contributed by atoms with Gasteiger partial charge in [0.2, 0.25) is 17.1 Å². The number of aromatic nitrogens is 2. The van der Waals surface area contributed by atoms with Gasteiger partial charge in [0, 0.05) is 12.5 Å². The monoisotopic (exact) mass is 505 g/mol. The number of amides is 1. The number of imidazole rings is 1. The highest BCUT2D eigenvalue weighted by Gasteiger charge is 2.29. The summed E-state index contributed by atoms with van der Waals surface area (Å²) >= 11 is 0. The summed E-state index contributed by atoms with van der Waals surface area (Å²) in [6, 6.07) is 13.0. The molecular formula is C28H31N3O6. The van der Waals surface area contributed by atoms with Crippen molar-refractivity contribution in [2.45, 2.75) is 45.6 Å². The van der Waals surface area contributed by atoms with Crippen LogP contribution in [0, 0.1) is 12.8 Å². The zero-order valence-electron chi connectivity index (χ0n) is 21.2. The maximum Gasteiger partial charge on any atom is 0.227 e. The molecule has 2 aromatic carbocycles. The average molecular weight is 506 g/mol. The molecule has 0 saturated heterocycles. The van der Waals surface area contributed by atoms with E-state index in [1.165, 1.54) is 19.2 Å². The topological polar surface area (TPSA) is 138 Å². The van der Waals surface area contributed by atoms with E-state index in [-0.39, 0.29) is 35.5 Å². The molecule has 0 aliphatic carbocycles. The van der Waals surface area contributed by atoms with Crippen molar-refractivity contribution in [2.75, 3.05) is 7.11 Å². The molecule has 4 rings (SSSR count). The smallest absolute Gasteiger partial charge is 0.227 e. The fourth-order valence-corrected chi connectivity index (χ4v) is 4.39. The fraction of sp³-hybridized carbons (Fsp3) is 0.321. The van der Waals surface area contributed by atoms with Gasteiger partial charge in [-0.05, 0) is 42.7 Å². The molecule has 2 heterocycles. The Morgan fingerprint density at radius 3 is 2.65 bits per heavy atom. The molecule has 0 spiro atoms. The lowest BCUT2D eigenvalue weighted by molar-refractivity contribution is -0.122. The molecule has 0 unspecified atom stereocenters. The number of fused-ring (bicyclic) bond motifs is 1. The molecule has 37 heavy (non-hydrogen) atoms. The molecule has 9 heteroatoms. The number of aromatic amines is 1. The largest absolute Gasteiger partial charge is 0.504 e. The molecule has 1 amide bonds. The number of aromatic hydroxyl groups is 2. The number of carbonyl (C=O) groups excluding carboxylic acids is 1. The number of methoxy groups -OCH3 is 1. The van der Waals surface area contributed by atoms with Crippen LogP contribution in [0.1, 0.15) is 61.6 Å². The first kappa shape index (κ1) is 25.8. The van der Waals surface area contributed by atoms with Gasteiger partial charge in [-0.2, -0.15) is 0 Å². The Morgan fingerprint density at radius 1 is 1.19 bits per heavy atom. The van der Waals surface area contributed by atoms with Crippen LogP contribution >= 0.6 is 0 Å². The van der Waals surface area contributed by atoms with E-state index < -0.39 is 23.1 Å². The number of phenolic OH excluding ortho intramolecular Hbond substituents is 1. The Hall–Kier alpha value is -4.27. The number of phenols is 1. The van der Waals surface area contributed by atoms with Crippen molar-refractivity contribution < 1.29 is 24.2 Å². The Balaban J connectivity index is 1.70. The molecule has 0 bridgehead atoms. The first-order chi connectivity index (χ1) is 17.7. The predicted molar refractivity (Wildman–Crippen MR) is 139 cm³/mol. The summed E-state index contributed by atoms with van der Waals surface area (Å²) in [5.41, 5.74) is 1.61. The number of hydrogen-bond donors (Lipinski definition) is 4. The van der Waals surface area contributed by atoms with E-state index in [9.17, 15) is 19.8 Å². The van der Waals surface area contributed by atoms with E-state index >= 15 is 0 Å². The van der Waals surface area contributed by atoms with E-state index in [1.807, 2.05) is 38.1 Å². The zero-order valence-corrected chi connectivity index (χ0v) is 21.2. The molecule has 9 nitrogen and oxygen atoms in total. The van der Waals surface area contributed by atoms with Gasteiger partial charge in [0.05, 0.1) is 30.1 Å². The van der Waals surface area contributed by atoms with Gasteiger partial charge in [-0.15, -0.1) is 0 Å². The van der Waals surface area contributed by atoms with E-state index in [4.69, 9.17) is 9.15 Å². The summed E-state index contributed by atoms with van der Waals surface area (Å²) in [5.74, 6) is -0.611. The van der Waals surface area contributed by atoms with Crippen molar-refractivity contribution in [1.82, 2.24) is 15.3 Å². The van der Waals surface area contributed by atoms with E-state index in [1.54, 1.807) is 19.1 Å². The van der Waals surface area contributed by atoms with Gasteiger partial charge >= 0.3 is 0 Å². The summed E-state index contributed by atoms with van der Waals surface area (Å²) in [6.45, 7) is 5.67. The van der Waals surface area contributed by atoms with E-state index in [2.05, 4.69) is 15.3 Å². The number of nitrogens with zero attached hydrogens (tertiary/aromatic N) is 1. The van der Waals surface area contributed by atoms with Gasteiger partial charge in [-0.3, -0.25) is 9.59 Å². The first-order valence-corrected chi connectivity index (χ1v) is 12.2. The van der Waals surface area contributed by atoms with Crippen LogP contribution in [0.5, 0.6) is 17.2 Å². The number of aryl methyl sites for hydroxylation is 1. The third-order valence-corrected chi connectivity index (χ3v) is 6.62. The van der Waals surface area contributed by atoms with Gasteiger partial charge in [0.1, 0.15) is 11.6 Å². The van der Waals surface area contributed by atoms with Crippen LogP contribution in [0.4, 0.5) is 0 Å². The van der Waals surface area contributed by atoms with Crippen LogP contribution < -0.4 is 15.5 Å². The Morgan fingerprint density at radius 2 is 1.95 bits per heavy atom. The van der Waals surface area contributed by atoms with Gasteiger partial charge < -0.3 is 29.7 Å².